The highest BCUT2D eigenvalue weighted by molar-refractivity contribution is 7.99. The second-order valence-electron chi connectivity index (χ2n) is 8.63. The number of aromatic nitrogens is 4. The summed E-state index contributed by atoms with van der Waals surface area (Å²) in [5.74, 6) is 1.16. The number of Topliss-reactive ketones (excluding diaryl/α,β-unsaturated/α-hetero) is 1. The number of rotatable bonds is 7. The fourth-order valence-electron chi connectivity index (χ4n) is 4.69. The quantitative estimate of drug-likeness (QED) is 0.290. The molecule has 0 bridgehead atoms. The summed E-state index contributed by atoms with van der Waals surface area (Å²) in [6, 6.07) is 10.0. The van der Waals surface area contributed by atoms with E-state index >= 15 is 0 Å². The lowest BCUT2D eigenvalue weighted by Gasteiger charge is -2.14. The molecule has 1 fully saturated rings. The number of ether oxygens (including phenoxy) is 2. The predicted molar refractivity (Wildman–Crippen MR) is 130 cm³/mol. The highest BCUT2D eigenvalue weighted by atomic mass is 32.2. The van der Waals surface area contributed by atoms with Gasteiger partial charge in [0.2, 0.25) is 0 Å². The third kappa shape index (κ3) is 4.02. The lowest BCUT2D eigenvalue weighted by molar-refractivity contribution is 0.0957. The van der Waals surface area contributed by atoms with E-state index in [2.05, 4.69) is 28.6 Å². The molecule has 8 heteroatoms. The number of hydrogen-bond donors (Lipinski definition) is 0. The van der Waals surface area contributed by atoms with Crippen molar-refractivity contribution in [2.24, 2.45) is 0 Å². The molecule has 4 aromatic rings. The van der Waals surface area contributed by atoms with E-state index in [4.69, 9.17) is 9.47 Å². The second kappa shape index (κ2) is 8.83. The number of fused-ring (bicyclic) bond motifs is 3. The van der Waals surface area contributed by atoms with Gasteiger partial charge in [0.1, 0.15) is 5.75 Å². The van der Waals surface area contributed by atoms with Crippen molar-refractivity contribution in [2.45, 2.75) is 51.4 Å². The first kappa shape index (κ1) is 22.0. The Balaban J connectivity index is 1.41. The molecule has 1 aliphatic rings. The van der Waals surface area contributed by atoms with Crippen LogP contribution in [0.25, 0.3) is 16.6 Å². The molecule has 7 nitrogen and oxygen atoms in total. The molecule has 3 aromatic heterocycles. The lowest BCUT2D eigenvalue weighted by Crippen LogP contribution is -2.17. The van der Waals surface area contributed by atoms with E-state index < -0.39 is 0 Å². The van der Waals surface area contributed by atoms with Crippen LogP contribution in [0.15, 0.2) is 35.5 Å². The normalized spacial score (nSPS) is 16.2. The van der Waals surface area contributed by atoms with Crippen molar-refractivity contribution in [2.75, 3.05) is 19.5 Å². The number of hydrogen-bond acceptors (Lipinski definition) is 6. The Morgan fingerprint density at radius 3 is 2.82 bits per heavy atom. The van der Waals surface area contributed by atoms with Crippen LogP contribution in [0.4, 0.5) is 0 Å². The minimum atomic E-state index is 0.0949. The van der Waals surface area contributed by atoms with Crippen LogP contribution in [0.5, 0.6) is 5.75 Å². The highest BCUT2D eigenvalue weighted by Gasteiger charge is 2.22. The van der Waals surface area contributed by atoms with Crippen molar-refractivity contribution in [3.05, 3.63) is 52.8 Å². The van der Waals surface area contributed by atoms with Crippen LogP contribution in [0.3, 0.4) is 0 Å². The minimum absolute atomic E-state index is 0.0949. The number of nitrogens with zero attached hydrogens (tertiary/aromatic N) is 4. The van der Waals surface area contributed by atoms with Gasteiger partial charge < -0.3 is 14.0 Å². The van der Waals surface area contributed by atoms with E-state index in [-0.39, 0.29) is 11.9 Å². The Morgan fingerprint density at radius 1 is 1.21 bits per heavy atom. The van der Waals surface area contributed by atoms with Gasteiger partial charge in [-0.25, -0.2) is 0 Å². The van der Waals surface area contributed by atoms with Gasteiger partial charge in [0.05, 0.1) is 24.5 Å². The Morgan fingerprint density at radius 2 is 2.06 bits per heavy atom. The fraction of sp³-hybridized carbons (Fsp3) is 0.400. The fourth-order valence-corrected chi connectivity index (χ4v) is 5.52. The third-order valence-corrected chi connectivity index (χ3v) is 7.42. The maximum absolute atomic E-state index is 13.2. The monoisotopic (exact) mass is 464 g/mol. The Bertz CT molecular complexity index is 1350. The van der Waals surface area contributed by atoms with Gasteiger partial charge in [-0.15, -0.1) is 10.2 Å². The molecule has 5 rings (SSSR count). The largest absolute Gasteiger partial charge is 0.497 e. The van der Waals surface area contributed by atoms with Gasteiger partial charge in [0.15, 0.2) is 16.6 Å². The van der Waals surface area contributed by atoms with Crippen molar-refractivity contribution in [3.8, 4) is 5.75 Å². The summed E-state index contributed by atoms with van der Waals surface area (Å²) >= 11 is 1.42. The minimum Gasteiger partial charge on any atom is -0.497 e. The molecule has 0 radical (unpaired) electrons. The molecular weight excluding hydrogens is 436 g/mol. The second-order valence-corrected chi connectivity index (χ2v) is 9.57. The number of ketones is 1. The van der Waals surface area contributed by atoms with E-state index in [1.807, 2.05) is 41.7 Å². The molecule has 1 unspecified atom stereocenters. The van der Waals surface area contributed by atoms with E-state index in [1.165, 1.54) is 11.8 Å². The molecule has 4 heterocycles. The Kier molecular flexibility index (Phi) is 5.88. The summed E-state index contributed by atoms with van der Waals surface area (Å²) in [7, 11) is 1.66. The van der Waals surface area contributed by atoms with Gasteiger partial charge in [-0.1, -0.05) is 11.8 Å². The average Bonchev–Trinajstić information content (AvgIpc) is 3.54. The van der Waals surface area contributed by atoms with Gasteiger partial charge in [-0.05, 0) is 63.4 Å². The molecule has 0 aliphatic carbocycles. The number of carbonyl (C=O) groups excluding carboxylic acids is 1. The van der Waals surface area contributed by atoms with Crippen LogP contribution in [0, 0.1) is 20.8 Å². The first-order chi connectivity index (χ1) is 16.0. The Hall–Kier alpha value is -2.84. The van der Waals surface area contributed by atoms with Crippen LogP contribution in [-0.4, -0.2) is 50.5 Å². The summed E-state index contributed by atoms with van der Waals surface area (Å²) in [6.07, 6.45) is 2.43. The summed E-state index contributed by atoms with van der Waals surface area (Å²) < 4.78 is 15.4. The molecule has 1 aliphatic heterocycles. The maximum atomic E-state index is 13.2. The molecule has 0 N–H and O–H groups in total. The molecule has 1 atom stereocenters. The van der Waals surface area contributed by atoms with E-state index in [0.717, 1.165) is 70.8 Å². The van der Waals surface area contributed by atoms with Crippen molar-refractivity contribution >= 4 is 34.1 Å². The van der Waals surface area contributed by atoms with Crippen molar-refractivity contribution in [1.29, 1.82) is 0 Å². The summed E-state index contributed by atoms with van der Waals surface area (Å²) in [5, 5.41) is 10.5. The average molecular weight is 465 g/mol. The number of benzene rings is 1. The van der Waals surface area contributed by atoms with Crippen molar-refractivity contribution in [1.82, 2.24) is 19.2 Å². The van der Waals surface area contributed by atoms with Crippen LogP contribution in [0.1, 0.15) is 40.2 Å². The van der Waals surface area contributed by atoms with Gasteiger partial charge in [0.25, 0.3) is 0 Å². The zero-order chi connectivity index (χ0) is 23.1. The summed E-state index contributed by atoms with van der Waals surface area (Å²) in [6.45, 7) is 7.78. The molecule has 0 saturated carbocycles. The van der Waals surface area contributed by atoms with Crippen LogP contribution < -0.4 is 4.74 Å². The first-order valence-corrected chi connectivity index (χ1v) is 12.2. The first-order valence-electron chi connectivity index (χ1n) is 11.2. The number of aryl methyl sites for hydroxylation is 2. The van der Waals surface area contributed by atoms with Crippen LogP contribution >= 0.6 is 11.8 Å². The van der Waals surface area contributed by atoms with Crippen molar-refractivity contribution < 1.29 is 14.3 Å². The SMILES string of the molecule is COc1ccc2c(C)cc3nnc(SCC(=O)c4cc(C)n(CC5CCCO5)c4C)n3c2c1. The summed E-state index contributed by atoms with van der Waals surface area (Å²) in [5.41, 5.74) is 5.73. The van der Waals surface area contributed by atoms with E-state index in [1.54, 1.807) is 7.11 Å². The lowest BCUT2D eigenvalue weighted by atomic mass is 10.1. The predicted octanol–water partition coefficient (Wildman–Crippen LogP) is 4.77. The molecule has 0 amide bonds. The van der Waals surface area contributed by atoms with Gasteiger partial charge in [-0.2, -0.15) is 0 Å². The molecule has 172 valence electrons. The van der Waals surface area contributed by atoms with Gasteiger partial charge in [0, 0.05) is 41.6 Å². The zero-order valence-corrected chi connectivity index (χ0v) is 20.2. The van der Waals surface area contributed by atoms with E-state index in [9.17, 15) is 4.79 Å². The van der Waals surface area contributed by atoms with Crippen LogP contribution in [0.2, 0.25) is 0 Å². The molecule has 0 spiro atoms. The number of methoxy groups -OCH3 is 1. The third-order valence-electron chi connectivity index (χ3n) is 6.49. The van der Waals surface area contributed by atoms with Gasteiger partial charge >= 0.3 is 0 Å². The van der Waals surface area contributed by atoms with Gasteiger partial charge in [-0.3, -0.25) is 9.20 Å². The molecule has 33 heavy (non-hydrogen) atoms. The van der Waals surface area contributed by atoms with E-state index in [0.29, 0.717) is 10.9 Å². The number of thioether (sulfide) groups is 1. The molecule has 1 aromatic carbocycles. The molecular formula is C25H28N4O3S. The highest BCUT2D eigenvalue weighted by Crippen LogP contribution is 2.29. The summed E-state index contributed by atoms with van der Waals surface area (Å²) in [4.78, 5) is 13.2. The topological polar surface area (TPSA) is 70.7 Å². The molecule has 1 saturated heterocycles. The number of carbonyl (C=O) groups is 1. The zero-order valence-electron chi connectivity index (χ0n) is 19.4. The smallest absolute Gasteiger partial charge is 0.196 e. The van der Waals surface area contributed by atoms with Crippen LogP contribution in [-0.2, 0) is 11.3 Å². The maximum Gasteiger partial charge on any atom is 0.196 e. The Labute approximate surface area is 197 Å². The van der Waals surface area contributed by atoms with Crippen molar-refractivity contribution in [3.63, 3.8) is 0 Å². The number of pyridine rings is 1. The standard InChI is InChI=1S/C25H28N4O3S/c1-15-10-24-26-27-25(29(24)22-12-18(31-4)7-8-20(15)22)33-14-23(30)21-11-16(2)28(17(21)3)13-19-6-5-9-32-19/h7-8,10-12,19H,5-6,9,13-14H2,1-4H3.